The van der Waals surface area contributed by atoms with Crippen LogP contribution in [-0.2, 0) is 4.74 Å². The number of methoxy groups -OCH3 is 2. The molecule has 114 valence electrons. The van der Waals surface area contributed by atoms with Gasteiger partial charge >= 0.3 is 0 Å². The van der Waals surface area contributed by atoms with Gasteiger partial charge in [0.15, 0.2) is 0 Å². The van der Waals surface area contributed by atoms with Gasteiger partial charge in [0, 0.05) is 32.5 Å². The number of hydrogen-bond acceptors (Lipinski definition) is 5. The number of hydrogen-bond donors (Lipinski definition) is 2. The molecule has 20 heavy (non-hydrogen) atoms. The number of likely N-dealkylation sites (tertiary alicyclic amines) is 1. The zero-order valence-electron chi connectivity index (χ0n) is 12.8. The molecule has 1 aromatic rings. The van der Waals surface area contributed by atoms with Crippen LogP contribution in [0.2, 0.25) is 0 Å². The van der Waals surface area contributed by atoms with Crippen LogP contribution in [0, 0.1) is 0 Å². The van der Waals surface area contributed by atoms with Gasteiger partial charge in [-0.15, -0.1) is 0 Å². The molecule has 1 aromatic carbocycles. The number of nitrogen functional groups attached to an aromatic ring is 1. The fourth-order valence-electron chi connectivity index (χ4n) is 2.09. The lowest BCUT2D eigenvalue weighted by Gasteiger charge is -2.12. The molecule has 5 heteroatoms. The Morgan fingerprint density at radius 2 is 1.95 bits per heavy atom. The maximum atomic E-state index is 5.60. The minimum absolute atomic E-state index is 0.659. The number of anilines is 2. The highest BCUT2D eigenvalue weighted by Gasteiger charge is 2.09. The SMILES string of the molecule is CNc1ccc(N)c(OC)c1.COCCN1CCCC1. The van der Waals surface area contributed by atoms with E-state index in [2.05, 4.69) is 10.2 Å². The third-order valence-electron chi connectivity index (χ3n) is 3.33. The van der Waals surface area contributed by atoms with E-state index in [1.807, 2.05) is 25.2 Å². The summed E-state index contributed by atoms with van der Waals surface area (Å²) in [5.74, 6) is 0.705. The Bertz CT molecular complexity index is 379. The molecule has 0 atom stereocenters. The lowest BCUT2D eigenvalue weighted by atomic mass is 10.2. The summed E-state index contributed by atoms with van der Waals surface area (Å²) in [5.41, 5.74) is 7.26. The Kier molecular flexibility index (Phi) is 7.84. The lowest BCUT2D eigenvalue weighted by molar-refractivity contribution is 0.161. The van der Waals surface area contributed by atoms with Crippen molar-refractivity contribution in [3.05, 3.63) is 18.2 Å². The predicted octanol–water partition coefficient (Wildman–Crippen LogP) is 2.05. The highest BCUT2D eigenvalue weighted by atomic mass is 16.5. The van der Waals surface area contributed by atoms with Gasteiger partial charge in [0.25, 0.3) is 0 Å². The normalized spacial score (nSPS) is 14.6. The van der Waals surface area contributed by atoms with Crippen LogP contribution in [-0.4, -0.2) is 52.4 Å². The second-order valence-corrected chi connectivity index (χ2v) is 4.75. The van der Waals surface area contributed by atoms with E-state index < -0.39 is 0 Å². The molecular weight excluding hydrogens is 254 g/mol. The molecule has 0 aromatic heterocycles. The summed E-state index contributed by atoms with van der Waals surface area (Å²) in [7, 11) is 5.21. The van der Waals surface area contributed by atoms with Gasteiger partial charge in [-0.3, -0.25) is 0 Å². The molecular formula is C15H27N3O2. The van der Waals surface area contributed by atoms with E-state index >= 15 is 0 Å². The third kappa shape index (κ3) is 5.67. The Balaban J connectivity index is 0.000000204. The molecule has 0 radical (unpaired) electrons. The number of nitrogens with zero attached hydrogens (tertiary/aromatic N) is 1. The molecule has 5 nitrogen and oxygen atoms in total. The van der Waals surface area contributed by atoms with Gasteiger partial charge in [0.2, 0.25) is 0 Å². The summed E-state index contributed by atoms with van der Waals surface area (Å²) in [6, 6.07) is 5.57. The van der Waals surface area contributed by atoms with Crippen LogP contribution in [0.4, 0.5) is 11.4 Å². The Morgan fingerprint density at radius 3 is 2.50 bits per heavy atom. The molecule has 0 amide bonds. The topological polar surface area (TPSA) is 59.8 Å². The molecule has 0 unspecified atom stereocenters. The van der Waals surface area contributed by atoms with E-state index in [1.54, 1.807) is 14.2 Å². The minimum atomic E-state index is 0.659. The van der Waals surface area contributed by atoms with Crippen LogP contribution < -0.4 is 15.8 Å². The second-order valence-electron chi connectivity index (χ2n) is 4.75. The summed E-state index contributed by atoms with van der Waals surface area (Å²) in [6.07, 6.45) is 2.76. The van der Waals surface area contributed by atoms with Crippen molar-refractivity contribution < 1.29 is 9.47 Å². The van der Waals surface area contributed by atoms with Crippen molar-refractivity contribution in [2.24, 2.45) is 0 Å². The molecule has 1 fully saturated rings. The molecule has 0 spiro atoms. The van der Waals surface area contributed by atoms with Crippen LogP contribution in [0.3, 0.4) is 0 Å². The maximum absolute atomic E-state index is 5.60. The fourth-order valence-corrected chi connectivity index (χ4v) is 2.09. The molecule has 1 aliphatic heterocycles. The average molecular weight is 281 g/mol. The van der Waals surface area contributed by atoms with E-state index in [0.717, 1.165) is 18.8 Å². The molecule has 1 saturated heterocycles. The molecule has 2 rings (SSSR count). The highest BCUT2D eigenvalue weighted by molar-refractivity contribution is 5.61. The van der Waals surface area contributed by atoms with Crippen molar-refractivity contribution in [2.75, 3.05) is 58.6 Å². The monoisotopic (exact) mass is 281 g/mol. The van der Waals surface area contributed by atoms with Crippen molar-refractivity contribution in [1.29, 1.82) is 0 Å². The van der Waals surface area contributed by atoms with E-state index in [9.17, 15) is 0 Å². The van der Waals surface area contributed by atoms with Crippen molar-refractivity contribution in [3.8, 4) is 5.75 Å². The number of ether oxygens (including phenoxy) is 2. The van der Waals surface area contributed by atoms with Gasteiger partial charge in [-0.05, 0) is 38.1 Å². The fraction of sp³-hybridized carbons (Fsp3) is 0.600. The van der Waals surface area contributed by atoms with Gasteiger partial charge in [-0.2, -0.15) is 0 Å². The number of nitrogens with one attached hydrogen (secondary N) is 1. The zero-order chi connectivity index (χ0) is 14.8. The summed E-state index contributed by atoms with van der Waals surface area (Å²) in [5, 5.41) is 2.99. The average Bonchev–Trinajstić information content (AvgIpc) is 2.99. The van der Waals surface area contributed by atoms with Crippen LogP contribution >= 0.6 is 0 Å². The molecule has 1 heterocycles. The van der Waals surface area contributed by atoms with Crippen LogP contribution in [0.15, 0.2) is 18.2 Å². The third-order valence-corrected chi connectivity index (χ3v) is 3.33. The van der Waals surface area contributed by atoms with Crippen molar-refractivity contribution >= 4 is 11.4 Å². The number of benzene rings is 1. The zero-order valence-corrected chi connectivity index (χ0v) is 12.8. The van der Waals surface area contributed by atoms with Gasteiger partial charge in [0.1, 0.15) is 5.75 Å². The first-order valence-corrected chi connectivity index (χ1v) is 7.03. The summed E-state index contributed by atoms with van der Waals surface area (Å²) < 4.78 is 9.98. The minimum Gasteiger partial charge on any atom is -0.495 e. The smallest absolute Gasteiger partial charge is 0.143 e. The molecule has 1 aliphatic rings. The summed E-state index contributed by atoms with van der Waals surface area (Å²) in [6.45, 7) is 4.57. The van der Waals surface area contributed by atoms with Crippen LogP contribution in [0.1, 0.15) is 12.8 Å². The van der Waals surface area contributed by atoms with Crippen molar-refractivity contribution in [1.82, 2.24) is 4.90 Å². The molecule has 0 bridgehead atoms. The van der Waals surface area contributed by atoms with Crippen LogP contribution in [0.5, 0.6) is 5.75 Å². The quantitative estimate of drug-likeness (QED) is 0.809. The Labute approximate surface area is 122 Å². The molecule has 3 N–H and O–H groups in total. The summed E-state index contributed by atoms with van der Waals surface area (Å²) in [4.78, 5) is 2.45. The lowest BCUT2D eigenvalue weighted by Crippen LogP contribution is -2.23. The second kappa shape index (κ2) is 9.44. The van der Waals surface area contributed by atoms with E-state index in [4.69, 9.17) is 15.2 Å². The first-order valence-electron chi connectivity index (χ1n) is 7.03. The van der Waals surface area contributed by atoms with E-state index in [1.165, 1.54) is 25.9 Å². The number of nitrogens with two attached hydrogens (primary N) is 1. The maximum Gasteiger partial charge on any atom is 0.143 e. The van der Waals surface area contributed by atoms with Gasteiger partial charge in [0.05, 0.1) is 19.4 Å². The largest absolute Gasteiger partial charge is 0.495 e. The van der Waals surface area contributed by atoms with E-state index in [0.29, 0.717) is 11.4 Å². The van der Waals surface area contributed by atoms with Gasteiger partial charge < -0.3 is 25.4 Å². The first kappa shape index (κ1) is 16.6. The summed E-state index contributed by atoms with van der Waals surface area (Å²) >= 11 is 0. The molecule has 0 saturated carbocycles. The first-order chi connectivity index (χ1) is 9.71. The number of rotatable bonds is 5. The van der Waals surface area contributed by atoms with Crippen molar-refractivity contribution in [3.63, 3.8) is 0 Å². The Morgan fingerprint density at radius 1 is 1.25 bits per heavy atom. The predicted molar refractivity (Wildman–Crippen MR) is 84.5 cm³/mol. The standard InChI is InChI=1S/C8H12N2O.C7H15NO/c1-10-6-3-4-7(9)8(5-6)11-2;1-9-7-6-8-4-2-3-5-8/h3-5,10H,9H2,1-2H3;2-7H2,1H3. The van der Waals surface area contributed by atoms with Gasteiger partial charge in [-0.1, -0.05) is 0 Å². The molecule has 0 aliphatic carbocycles. The van der Waals surface area contributed by atoms with Crippen molar-refractivity contribution in [2.45, 2.75) is 12.8 Å². The van der Waals surface area contributed by atoms with E-state index in [-0.39, 0.29) is 0 Å². The van der Waals surface area contributed by atoms with Gasteiger partial charge in [-0.25, -0.2) is 0 Å². The van der Waals surface area contributed by atoms with Crippen LogP contribution in [0.25, 0.3) is 0 Å². The Hall–Kier alpha value is -1.46. The highest BCUT2D eigenvalue weighted by Crippen LogP contribution is 2.24.